The maximum atomic E-state index is 13.5. The van der Waals surface area contributed by atoms with Crippen LogP contribution >= 0.6 is 0 Å². The summed E-state index contributed by atoms with van der Waals surface area (Å²) in [4.78, 5) is 69.9. The number of hydrogen-bond acceptors (Lipinski definition) is 9. The van der Waals surface area contributed by atoms with Crippen molar-refractivity contribution in [2.45, 2.75) is 97.2 Å². The molecule has 12 heteroatoms. The summed E-state index contributed by atoms with van der Waals surface area (Å²) in [6.07, 6.45) is 4.69. The SMILES string of the molecule is Cc1cc(OC2C(C)(C)C(NC(=O)c3ccc(C4CCC(CN5CCN(c6ccc7c(c6)C(=O)N(C6CCC(=O)NC6=O)C7=O)CC5)CC4)cc3)C2(C)C)ccc1C#N. The smallest absolute Gasteiger partial charge is 0.262 e. The molecule has 308 valence electrons. The molecule has 0 aromatic heterocycles. The molecule has 2 N–H and O–H groups in total. The lowest BCUT2D eigenvalue weighted by Crippen LogP contribution is -2.74. The minimum absolute atomic E-state index is 0.0737. The molecule has 3 heterocycles. The van der Waals surface area contributed by atoms with Crippen LogP contribution < -0.4 is 20.3 Å². The van der Waals surface area contributed by atoms with Gasteiger partial charge in [-0.15, -0.1) is 0 Å². The third-order valence-corrected chi connectivity index (χ3v) is 13.9. The summed E-state index contributed by atoms with van der Waals surface area (Å²) in [6, 6.07) is 20.2. The number of nitrogens with zero attached hydrogens (tertiary/aromatic N) is 4. The highest BCUT2D eigenvalue weighted by Crippen LogP contribution is 2.55. The van der Waals surface area contributed by atoms with Gasteiger partial charge in [-0.25, -0.2) is 0 Å². The molecule has 12 nitrogen and oxygen atoms in total. The van der Waals surface area contributed by atoms with Crippen LogP contribution in [0.4, 0.5) is 5.69 Å². The van der Waals surface area contributed by atoms with E-state index < -0.39 is 23.8 Å². The molecule has 2 saturated carbocycles. The van der Waals surface area contributed by atoms with Crippen LogP contribution in [-0.2, 0) is 9.59 Å². The third kappa shape index (κ3) is 7.50. The highest BCUT2D eigenvalue weighted by atomic mass is 16.5. The molecular weight excluding hydrogens is 745 g/mol. The Kier molecular flexibility index (Phi) is 10.6. The van der Waals surface area contributed by atoms with Crippen molar-refractivity contribution in [1.82, 2.24) is 20.4 Å². The van der Waals surface area contributed by atoms with E-state index in [0.717, 1.165) is 80.3 Å². The lowest BCUT2D eigenvalue weighted by atomic mass is 9.49. The molecule has 5 aliphatic rings. The molecule has 59 heavy (non-hydrogen) atoms. The first kappa shape index (κ1) is 40.2. The number of piperidine rings is 1. The van der Waals surface area contributed by atoms with Crippen molar-refractivity contribution in [3.8, 4) is 11.8 Å². The molecule has 0 radical (unpaired) electrons. The second-order valence-corrected chi connectivity index (χ2v) is 18.4. The molecule has 0 bridgehead atoms. The number of nitriles is 1. The van der Waals surface area contributed by atoms with Gasteiger partial charge in [0.25, 0.3) is 17.7 Å². The van der Waals surface area contributed by atoms with Crippen molar-refractivity contribution in [2.24, 2.45) is 16.7 Å². The van der Waals surface area contributed by atoms with Crippen LogP contribution in [0.15, 0.2) is 60.7 Å². The first-order chi connectivity index (χ1) is 28.1. The van der Waals surface area contributed by atoms with Gasteiger partial charge >= 0.3 is 0 Å². The summed E-state index contributed by atoms with van der Waals surface area (Å²) < 4.78 is 6.47. The van der Waals surface area contributed by atoms with E-state index in [1.54, 1.807) is 18.2 Å². The summed E-state index contributed by atoms with van der Waals surface area (Å²) in [5.41, 5.74) is 4.37. The van der Waals surface area contributed by atoms with Crippen molar-refractivity contribution >= 4 is 35.2 Å². The number of carbonyl (C=O) groups is 5. The summed E-state index contributed by atoms with van der Waals surface area (Å²) in [5.74, 6) is -0.184. The molecule has 8 rings (SSSR count). The highest BCUT2D eigenvalue weighted by molar-refractivity contribution is 6.23. The van der Waals surface area contributed by atoms with E-state index in [1.807, 2.05) is 37.3 Å². The van der Waals surface area contributed by atoms with Crippen LogP contribution in [0.5, 0.6) is 5.75 Å². The molecule has 0 spiro atoms. The Morgan fingerprint density at radius 2 is 1.53 bits per heavy atom. The summed E-state index contributed by atoms with van der Waals surface area (Å²) in [5, 5.41) is 14.9. The molecule has 2 aliphatic carbocycles. The third-order valence-electron chi connectivity index (χ3n) is 13.9. The Morgan fingerprint density at radius 1 is 0.847 bits per heavy atom. The first-order valence-corrected chi connectivity index (χ1v) is 21.1. The van der Waals surface area contributed by atoms with Crippen LogP contribution in [0.2, 0.25) is 0 Å². The van der Waals surface area contributed by atoms with Gasteiger partial charge in [0.15, 0.2) is 0 Å². The lowest BCUT2D eigenvalue weighted by Gasteiger charge is -2.63. The van der Waals surface area contributed by atoms with Crippen molar-refractivity contribution in [3.63, 3.8) is 0 Å². The number of rotatable bonds is 9. The van der Waals surface area contributed by atoms with E-state index >= 15 is 0 Å². The normalized spacial score (nSPS) is 26.4. The molecule has 5 amide bonds. The maximum absolute atomic E-state index is 13.5. The van der Waals surface area contributed by atoms with Crippen LogP contribution in [-0.4, -0.2) is 90.2 Å². The average Bonchev–Trinajstić information content (AvgIpc) is 3.47. The van der Waals surface area contributed by atoms with Crippen molar-refractivity contribution in [2.75, 3.05) is 37.6 Å². The maximum Gasteiger partial charge on any atom is 0.262 e. The van der Waals surface area contributed by atoms with E-state index in [9.17, 15) is 29.2 Å². The Morgan fingerprint density at radius 3 is 2.17 bits per heavy atom. The second kappa shape index (κ2) is 15.6. The van der Waals surface area contributed by atoms with Crippen LogP contribution in [0.1, 0.15) is 120 Å². The van der Waals surface area contributed by atoms with Gasteiger partial charge in [0.2, 0.25) is 11.8 Å². The Bertz CT molecular complexity index is 2210. The Labute approximate surface area is 346 Å². The van der Waals surface area contributed by atoms with Gasteiger partial charge in [-0.05, 0) is 111 Å². The summed E-state index contributed by atoms with van der Waals surface area (Å²) in [6.45, 7) is 15.0. The minimum atomic E-state index is -0.969. The monoisotopic (exact) mass is 798 g/mol. The number of benzene rings is 3. The molecule has 4 fully saturated rings. The zero-order valence-corrected chi connectivity index (χ0v) is 34.7. The van der Waals surface area contributed by atoms with E-state index in [-0.39, 0.29) is 47.6 Å². The quantitative estimate of drug-likeness (QED) is 0.249. The molecule has 1 atom stereocenters. The zero-order valence-electron chi connectivity index (χ0n) is 34.7. The molecule has 3 aromatic rings. The number of fused-ring (bicyclic) bond motifs is 1. The zero-order chi connectivity index (χ0) is 41.8. The van der Waals surface area contributed by atoms with Crippen molar-refractivity contribution in [3.05, 3.63) is 94.0 Å². The molecule has 3 aromatic carbocycles. The molecule has 1 unspecified atom stereocenters. The number of imide groups is 2. The van der Waals surface area contributed by atoms with Crippen LogP contribution in [0.3, 0.4) is 0 Å². The van der Waals surface area contributed by atoms with Crippen molar-refractivity contribution in [1.29, 1.82) is 5.26 Å². The highest BCUT2D eigenvalue weighted by Gasteiger charge is 2.64. The predicted molar refractivity (Wildman–Crippen MR) is 222 cm³/mol. The summed E-state index contributed by atoms with van der Waals surface area (Å²) in [7, 11) is 0. The molecular formula is C47H54N6O6. The average molecular weight is 799 g/mol. The van der Waals surface area contributed by atoms with Gasteiger partial charge in [-0.1, -0.05) is 39.8 Å². The fourth-order valence-corrected chi connectivity index (χ4v) is 10.8. The fourth-order valence-electron chi connectivity index (χ4n) is 10.8. The largest absolute Gasteiger partial charge is 0.489 e. The Hall–Kier alpha value is -5.54. The number of piperazine rings is 1. The van der Waals surface area contributed by atoms with E-state index in [1.165, 1.54) is 5.56 Å². The van der Waals surface area contributed by atoms with Gasteiger partial charge in [0.1, 0.15) is 17.9 Å². The van der Waals surface area contributed by atoms with Crippen molar-refractivity contribution < 1.29 is 28.7 Å². The van der Waals surface area contributed by atoms with Crippen LogP contribution in [0, 0.1) is 35.0 Å². The topological polar surface area (TPSA) is 152 Å². The van der Waals surface area contributed by atoms with E-state index in [2.05, 4.69) is 66.3 Å². The van der Waals surface area contributed by atoms with Crippen LogP contribution in [0.25, 0.3) is 0 Å². The lowest BCUT2D eigenvalue weighted by molar-refractivity contribution is -0.164. The standard InChI is InChI=1S/C47H54N6O6/c1-28-24-35(16-14-33(28)26-48)59-45-46(2,3)44(47(45,4)5)50-40(55)32-12-10-31(11-13-32)30-8-6-29(7-9-30)27-51-20-22-52(23-21-51)34-15-17-36-37(25-34)43(58)53(42(36)57)38-18-19-39(54)49-41(38)56/h10-17,24-25,29-30,38,44-45H,6-9,18-23,27H2,1-5H3,(H,50,55)(H,49,54,56). The van der Waals surface area contributed by atoms with Gasteiger partial charge in [-0.3, -0.25) is 39.1 Å². The number of hydrogen-bond donors (Lipinski definition) is 2. The van der Waals surface area contributed by atoms with E-state index in [0.29, 0.717) is 34.1 Å². The van der Waals surface area contributed by atoms with Gasteiger partial charge in [0, 0.05) is 67.3 Å². The number of aryl methyl sites for hydroxylation is 1. The molecule has 3 aliphatic heterocycles. The first-order valence-electron chi connectivity index (χ1n) is 21.1. The predicted octanol–water partition coefficient (Wildman–Crippen LogP) is 5.98. The van der Waals surface area contributed by atoms with Gasteiger partial charge in [0.05, 0.1) is 22.8 Å². The minimum Gasteiger partial charge on any atom is -0.489 e. The van der Waals surface area contributed by atoms with Gasteiger partial charge < -0.3 is 15.0 Å². The van der Waals surface area contributed by atoms with E-state index in [4.69, 9.17) is 4.74 Å². The number of amides is 5. The number of anilines is 1. The number of nitrogens with one attached hydrogen (secondary N) is 2. The summed E-state index contributed by atoms with van der Waals surface area (Å²) >= 11 is 0. The Balaban J connectivity index is 0.789. The number of ether oxygens (including phenoxy) is 1. The van der Waals surface area contributed by atoms with Gasteiger partial charge in [-0.2, -0.15) is 5.26 Å². The second-order valence-electron chi connectivity index (χ2n) is 18.4. The fraction of sp³-hybridized carbons (Fsp3) is 0.489. The number of carbonyl (C=O) groups excluding carboxylic acids is 5. The molecule has 2 saturated heterocycles.